The molecule has 7 unspecified atom stereocenters. The highest BCUT2D eigenvalue weighted by Crippen LogP contribution is 2.31. The molecule has 108 heavy (non-hydrogen) atoms. The fraction of sp³-hybridized carbons (Fsp3) is 0.987. The van der Waals surface area contributed by atoms with Crippen molar-refractivity contribution in [2.24, 2.45) is 27.9 Å². The quantitative estimate of drug-likeness (QED) is 0.0196. The van der Waals surface area contributed by atoms with Gasteiger partial charge in [0, 0.05) is 58.7 Å². The number of ether oxygens (including phenoxy) is 7. The number of hydrogen-bond acceptors (Lipinski definition) is 17. The lowest BCUT2D eigenvalue weighted by Gasteiger charge is -2.21. The van der Waals surface area contributed by atoms with Gasteiger partial charge in [-0.15, -0.1) is 0 Å². The minimum atomic E-state index is -4.11. The van der Waals surface area contributed by atoms with Gasteiger partial charge in [-0.2, -0.15) is 105 Å². The molecule has 29 heteroatoms. The van der Waals surface area contributed by atoms with Crippen LogP contribution in [0.4, 0.5) is 52.7 Å². The van der Waals surface area contributed by atoms with Crippen molar-refractivity contribution in [1.82, 2.24) is 0 Å². The summed E-state index contributed by atoms with van der Waals surface area (Å²) < 4.78 is 195. The molecule has 0 aromatic rings. The molecule has 0 rings (SSSR count). The summed E-state index contributed by atoms with van der Waals surface area (Å²) in [4.78, 5) is 4.99. The Labute approximate surface area is 661 Å². The topological polar surface area (TPSA) is 174 Å². The SMILES string of the molecule is CCC(O)CCCC(CCC(CN=C(COCC(COCCCSCCCCCCCCCC(F)(F)F)OCCCSCCCCCCCCCC(F)(F)F)COCC(COCCCSCCCCCC(CCCC(F)(F)F)C(C)C)OCCCSCCCCCCCCCC(F)(F)F)N=N)COCC(O)CO. The summed E-state index contributed by atoms with van der Waals surface area (Å²) >= 11 is 7.45. The van der Waals surface area contributed by atoms with Crippen LogP contribution < -0.4 is 0 Å². The lowest BCUT2D eigenvalue weighted by molar-refractivity contribution is -0.137. The first kappa shape index (κ1) is 107. The molecule has 0 heterocycles. The minimum Gasteiger partial charge on any atom is -0.394 e. The highest BCUT2D eigenvalue weighted by Gasteiger charge is 2.29. The number of thioether (sulfide) groups is 4. The fourth-order valence-corrected chi connectivity index (χ4v) is 15.8. The number of rotatable bonds is 83. The third kappa shape index (κ3) is 80.6. The van der Waals surface area contributed by atoms with E-state index >= 15 is 0 Å². The third-order valence-electron chi connectivity index (χ3n) is 18.7. The second kappa shape index (κ2) is 74.0. The first-order valence-corrected chi connectivity index (χ1v) is 45.9. The van der Waals surface area contributed by atoms with Crippen LogP contribution in [0.25, 0.3) is 0 Å². The lowest BCUT2D eigenvalue weighted by Crippen LogP contribution is -2.30. The van der Waals surface area contributed by atoms with E-state index in [2.05, 4.69) is 19.0 Å². The summed E-state index contributed by atoms with van der Waals surface area (Å²) in [6, 6.07) is -0.478. The molecular formula is C79H147F12N3O10S4. The smallest absolute Gasteiger partial charge is 0.389 e. The zero-order chi connectivity index (χ0) is 79.9. The number of aliphatic hydroxyl groups is 3. The second-order valence-corrected chi connectivity index (χ2v) is 34.3. The van der Waals surface area contributed by atoms with Crippen molar-refractivity contribution in [3.63, 3.8) is 0 Å². The van der Waals surface area contributed by atoms with Gasteiger partial charge in [0.15, 0.2) is 0 Å². The average Bonchev–Trinajstić information content (AvgIpc) is 0.947. The van der Waals surface area contributed by atoms with E-state index in [1.54, 1.807) is 0 Å². The van der Waals surface area contributed by atoms with Crippen molar-refractivity contribution in [1.29, 1.82) is 5.53 Å². The number of unbranched alkanes of at least 4 members (excludes halogenated alkanes) is 20. The zero-order valence-electron chi connectivity index (χ0n) is 66.4. The van der Waals surface area contributed by atoms with Crippen molar-refractivity contribution in [2.45, 2.75) is 339 Å². The van der Waals surface area contributed by atoms with E-state index in [1.807, 2.05) is 54.0 Å². The average molecular weight is 1660 g/mol. The molecule has 7 atom stereocenters. The molecular weight excluding hydrogens is 1510 g/mol. The Balaban J connectivity index is 6.20. The molecule has 0 aliphatic heterocycles. The maximum atomic E-state index is 12.8. The van der Waals surface area contributed by atoms with Crippen molar-refractivity contribution in [3.05, 3.63) is 0 Å². The van der Waals surface area contributed by atoms with Crippen molar-refractivity contribution < 1.29 is 101 Å². The van der Waals surface area contributed by atoms with Crippen LogP contribution in [0.1, 0.15) is 284 Å². The molecule has 0 saturated heterocycles. The number of aliphatic hydroxyl groups excluding tert-OH is 3. The molecule has 0 aliphatic carbocycles. The third-order valence-corrected chi connectivity index (χ3v) is 23.3. The molecule has 0 radical (unpaired) electrons. The highest BCUT2D eigenvalue weighted by molar-refractivity contribution is 7.99. The zero-order valence-corrected chi connectivity index (χ0v) is 69.7. The Morgan fingerprint density at radius 2 is 0.731 bits per heavy atom. The molecule has 0 aliphatic rings. The van der Waals surface area contributed by atoms with Gasteiger partial charge in [-0.25, -0.2) is 5.53 Å². The maximum absolute atomic E-state index is 12.8. The number of nitrogens with zero attached hydrogens (tertiary/aromatic N) is 2. The molecule has 0 aromatic heterocycles. The number of aliphatic imine (C=N–C) groups is 1. The second-order valence-electron chi connectivity index (χ2n) is 29.4. The molecule has 0 saturated carbocycles. The maximum Gasteiger partial charge on any atom is 0.389 e. The molecule has 0 fully saturated rings. The van der Waals surface area contributed by atoms with Crippen molar-refractivity contribution in [2.75, 3.05) is 138 Å². The van der Waals surface area contributed by atoms with E-state index in [9.17, 15) is 68.0 Å². The predicted octanol–water partition coefficient (Wildman–Crippen LogP) is 23.5. The van der Waals surface area contributed by atoms with Gasteiger partial charge in [-0.05, 0) is 179 Å². The molecule has 13 nitrogen and oxygen atoms in total. The number of alkyl halides is 12. The van der Waals surface area contributed by atoms with Crippen LogP contribution >= 0.6 is 47.0 Å². The van der Waals surface area contributed by atoms with Gasteiger partial charge >= 0.3 is 24.7 Å². The van der Waals surface area contributed by atoms with Crippen LogP contribution in [0, 0.1) is 23.3 Å². The van der Waals surface area contributed by atoms with Gasteiger partial charge in [0.25, 0.3) is 0 Å². The van der Waals surface area contributed by atoms with Gasteiger partial charge in [0.05, 0.1) is 77.3 Å². The van der Waals surface area contributed by atoms with Crippen LogP contribution in [-0.4, -0.2) is 215 Å². The Morgan fingerprint density at radius 3 is 1.12 bits per heavy atom. The molecule has 4 N–H and O–H groups in total. The van der Waals surface area contributed by atoms with Crippen molar-refractivity contribution in [3.8, 4) is 0 Å². The van der Waals surface area contributed by atoms with Crippen molar-refractivity contribution >= 4 is 52.8 Å². The van der Waals surface area contributed by atoms with Crippen LogP contribution in [0.5, 0.6) is 0 Å². The Hall–Kier alpha value is -0.570. The first-order chi connectivity index (χ1) is 51.8. The summed E-state index contributed by atoms with van der Waals surface area (Å²) in [6.45, 7) is 9.42. The largest absolute Gasteiger partial charge is 0.394 e. The molecule has 0 aromatic carbocycles. The van der Waals surface area contributed by atoms with Crippen LogP contribution in [0.2, 0.25) is 0 Å². The number of nitrogens with one attached hydrogen (secondary N) is 1. The van der Waals surface area contributed by atoms with E-state index in [-0.39, 0.29) is 71.2 Å². The van der Waals surface area contributed by atoms with E-state index in [1.165, 1.54) is 0 Å². The monoisotopic (exact) mass is 1650 g/mol. The normalized spacial score (nSPS) is 14.8. The minimum absolute atomic E-state index is 0.0171. The van der Waals surface area contributed by atoms with Gasteiger partial charge in [0.1, 0.15) is 18.3 Å². The summed E-state index contributed by atoms with van der Waals surface area (Å²) in [7, 11) is 0. The van der Waals surface area contributed by atoms with Crippen LogP contribution in [0.15, 0.2) is 10.1 Å². The van der Waals surface area contributed by atoms with E-state index in [0.29, 0.717) is 115 Å². The molecule has 646 valence electrons. The van der Waals surface area contributed by atoms with E-state index < -0.39 is 87.5 Å². The van der Waals surface area contributed by atoms with E-state index in [4.69, 9.17) is 43.7 Å². The lowest BCUT2D eigenvalue weighted by atomic mass is 9.86. The van der Waals surface area contributed by atoms with E-state index in [0.717, 1.165) is 207 Å². The predicted molar refractivity (Wildman–Crippen MR) is 424 cm³/mol. The standard InChI is InChI=1S/C79H147F12N3O10S4/c1-4-72(96)38-29-35-68(59-100-62-73(97)58-95)39-40-70(94-92)57-93-71(60-101-65-74(103-47-33-55-107-50-26-18-12-6-9-15-23-42-77(83,84)85)63-98-45-31-53-105-49-25-17-11-5-8-14-22-41-76(80,81)82)61-102-66-75(104-48-34-56-108-51-27-19-13-7-10-16-24-43-78(86,87)88)64-99-46-32-54-106-52-28-20-21-36-69(67(2)3)37-30-44-79(89,90)91/h67-70,72-75,92,95-97H,4-66H2,1-3H3. The Kier molecular flexibility index (Phi) is 73.6. The van der Waals surface area contributed by atoms with Gasteiger partial charge in [-0.3, -0.25) is 4.99 Å². The summed E-state index contributed by atoms with van der Waals surface area (Å²) in [5, 5.41) is 33.6. The molecule has 0 spiro atoms. The number of hydrogen-bond donors (Lipinski definition) is 4. The summed E-state index contributed by atoms with van der Waals surface area (Å²) in [5.74, 6) is 8.32. The Bertz CT molecular complexity index is 1960. The van der Waals surface area contributed by atoms with Crippen LogP contribution in [0.3, 0.4) is 0 Å². The van der Waals surface area contributed by atoms with Gasteiger partial charge < -0.3 is 48.5 Å². The molecule has 0 bridgehead atoms. The van der Waals surface area contributed by atoms with Crippen LogP contribution in [-0.2, 0) is 33.2 Å². The van der Waals surface area contributed by atoms with Gasteiger partial charge in [-0.1, -0.05) is 143 Å². The summed E-state index contributed by atoms with van der Waals surface area (Å²) in [5.41, 5.74) is 8.84. The summed E-state index contributed by atoms with van der Waals surface area (Å²) in [6.07, 6.45) is 7.63. The fourth-order valence-electron chi connectivity index (χ4n) is 12.1. The highest BCUT2D eigenvalue weighted by atomic mass is 32.2. The first-order valence-electron chi connectivity index (χ1n) is 41.3. The number of halogens is 12. The van der Waals surface area contributed by atoms with Gasteiger partial charge in [0.2, 0.25) is 0 Å². The Morgan fingerprint density at radius 1 is 0.370 bits per heavy atom. The molecule has 0 amide bonds.